The summed E-state index contributed by atoms with van der Waals surface area (Å²) in [5.41, 5.74) is 1.10. The topological polar surface area (TPSA) is 76.4 Å². The van der Waals surface area contributed by atoms with E-state index < -0.39 is 0 Å². The van der Waals surface area contributed by atoms with Crippen molar-refractivity contribution in [2.75, 3.05) is 19.7 Å². The van der Waals surface area contributed by atoms with E-state index in [0.29, 0.717) is 13.2 Å². The van der Waals surface area contributed by atoms with Crippen LogP contribution in [0.3, 0.4) is 0 Å². The quantitative estimate of drug-likeness (QED) is 0.226. The molecule has 7 nitrogen and oxygen atoms in total. The van der Waals surface area contributed by atoms with Gasteiger partial charge in [-0.05, 0) is 39.2 Å². The lowest BCUT2D eigenvalue weighted by Crippen LogP contribution is -2.37. The van der Waals surface area contributed by atoms with Crippen molar-refractivity contribution >= 4 is 29.9 Å². The molecule has 1 aliphatic heterocycles. The maximum Gasteiger partial charge on any atom is 0.191 e. The summed E-state index contributed by atoms with van der Waals surface area (Å²) in [6, 6.07) is 8.08. The fourth-order valence-electron chi connectivity index (χ4n) is 3.62. The molecule has 0 spiro atoms. The van der Waals surface area contributed by atoms with E-state index >= 15 is 0 Å². The zero-order valence-electron chi connectivity index (χ0n) is 18.2. The molecule has 30 heavy (non-hydrogen) atoms. The number of para-hydroxylation sites is 1. The Morgan fingerprint density at radius 2 is 2.00 bits per heavy atom. The van der Waals surface area contributed by atoms with Gasteiger partial charge in [-0.1, -0.05) is 24.6 Å². The van der Waals surface area contributed by atoms with Crippen LogP contribution in [0.25, 0.3) is 0 Å². The largest absolute Gasteiger partial charge is 0.494 e. The molecule has 0 unspecified atom stereocenters. The molecule has 2 aromatic rings. The first-order valence-electron chi connectivity index (χ1n) is 11.0. The summed E-state index contributed by atoms with van der Waals surface area (Å²) in [5, 5.41) is 15.6. The van der Waals surface area contributed by atoms with Gasteiger partial charge in [0.1, 0.15) is 17.4 Å². The van der Waals surface area contributed by atoms with Crippen molar-refractivity contribution in [2.45, 2.75) is 65.5 Å². The molecular weight excluding hydrogens is 491 g/mol. The Bertz CT molecular complexity index is 792. The highest BCUT2D eigenvalue weighted by Crippen LogP contribution is 2.18. The smallest absolute Gasteiger partial charge is 0.191 e. The molecule has 0 radical (unpaired) electrons. The Hall–Kier alpha value is -1.84. The fourth-order valence-corrected chi connectivity index (χ4v) is 3.62. The summed E-state index contributed by atoms with van der Waals surface area (Å²) < 4.78 is 8.03. The zero-order valence-corrected chi connectivity index (χ0v) is 20.5. The molecule has 0 saturated carbocycles. The van der Waals surface area contributed by atoms with E-state index in [1.807, 2.05) is 25.1 Å². The highest BCUT2D eigenvalue weighted by atomic mass is 127. The number of fused-ring (bicyclic) bond motifs is 1. The number of ether oxygens (including phenoxy) is 1. The molecule has 0 bridgehead atoms. The van der Waals surface area contributed by atoms with Crippen LogP contribution in [-0.2, 0) is 25.9 Å². The summed E-state index contributed by atoms with van der Waals surface area (Å²) in [6.45, 7) is 8.07. The van der Waals surface area contributed by atoms with Crippen LogP contribution in [0.4, 0.5) is 0 Å². The van der Waals surface area contributed by atoms with E-state index in [9.17, 15) is 0 Å². The number of nitrogens with zero attached hydrogens (tertiary/aromatic N) is 4. The maximum absolute atomic E-state index is 5.70. The minimum Gasteiger partial charge on any atom is -0.494 e. The minimum atomic E-state index is 0. The lowest BCUT2D eigenvalue weighted by atomic mass is 10.2. The monoisotopic (exact) mass is 526 g/mol. The van der Waals surface area contributed by atoms with E-state index in [2.05, 4.69) is 38.4 Å². The number of halogens is 1. The van der Waals surface area contributed by atoms with Gasteiger partial charge < -0.3 is 19.9 Å². The van der Waals surface area contributed by atoms with Crippen molar-refractivity contribution in [1.29, 1.82) is 0 Å². The van der Waals surface area contributed by atoms with Gasteiger partial charge in [-0.15, -0.1) is 34.2 Å². The molecule has 1 aromatic carbocycles. The molecule has 0 fully saturated rings. The first kappa shape index (κ1) is 24.4. The van der Waals surface area contributed by atoms with E-state index in [1.54, 1.807) is 0 Å². The Balaban J connectivity index is 0.00000320. The van der Waals surface area contributed by atoms with Gasteiger partial charge in [0.25, 0.3) is 0 Å². The first-order chi connectivity index (χ1) is 14.3. The number of guanidine groups is 1. The number of aliphatic imine (C=N–C) groups is 1. The van der Waals surface area contributed by atoms with Crippen molar-refractivity contribution in [1.82, 2.24) is 25.4 Å². The number of hydrogen-bond donors (Lipinski definition) is 2. The Labute approximate surface area is 197 Å². The van der Waals surface area contributed by atoms with Crippen molar-refractivity contribution in [2.24, 2.45) is 4.99 Å². The Kier molecular flexibility index (Phi) is 11.0. The van der Waals surface area contributed by atoms with Gasteiger partial charge in [-0.2, -0.15) is 0 Å². The fraction of sp³-hybridized carbons (Fsp3) is 0.591. The second kappa shape index (κ2) is 13.5. The molecular formula is C22H35IN6O. The SMILES string of the molecule is CCNC(=NCc1ccccc1OCC)NCCCc1nnc2n1CCCCC2.I. The van der Waals surface area contributed by atoms with Gasteiger partial charge in [0.15, 0.2) is 5.96 Å². The molecule has 0 saturated heterocycles. The van der Waals surface area contributed by atoms with Gasteiger partial charge in [0.05, 0.1) is 13.2 Å². The average molecular weight is 526 g/mol. The molecule has 166 valence electrons. The highest BCUT2D eigenvalue weighted by molar-refractivity contribution is 14.0. The van der Waals surface area contributed by atoms with Crippen molar-refractivity contribution in [3.05, 3.63) is 41.5 Å². The van der Waals surface area contributed by atoms with E-state index in [1.165, 1.54) is 19.3 Å². The van der Waals surface area contributed by atoms with Gasteiger partial charge >= 0.3 is 0 Å². The third kappa shape index (κ3) is 7.14. The number of benzene rings is 1. The van der Waals surface area contributed by atoms with E-state index in [-0.39, 0.29) is 24.0 Å². The van der Waals surface area contributed by atoms with E-state index in [4.69, 9.17) is 9.73 Å². The molecule has 1 aromatic heterocycles. The van der Waals surface area contributed by atoms with E-state index in [0.717, 1.165) is 67.8 Å². The molecule has 0 atom stereocenters. The molecule has 2 heterocycles. The molecule has 8 heteroatoms. The normalized spacial score (nSPS) is 13.7. The third-order valence-electron chi connectivity index (χ3n) is 5.08. The number of rotatable bonds is 9. The number of hydrogen-bond acceptors (Lipinski definition) is 4. The van der Waals surface area contributed by atoms with Crippen molar-refractivity contribution in [3.63, 3.8) is 0 Å². The van der Waals surface area contributed by atoms with Gasteiger partial charge in [0, 0.05) is 38.0 Å². The van der Waals surface area contributed by atoms with Gasteiger partial charge in [0.2, 0.25) is 0 Å². The highest BCUT2D eigenvalue weighted by Gasteiger charge is 2.14. The summed E-state index contributed by atoms with van der Waals surface area (Å²) in [4.78, 5) is 4.73. The van der Waals surface area contributed by atoms with Crippen LogP contribution >= 0.6 is 24.0 Å². The third-order valence-corrected chi connectivity index (χ3v) is 5.08. The summed E-state index contributed by atoms with van der Waals surface area (Å²) in [7, 11) is 0. The Morgan fingerprint density at radius 1 is 1.13 bits per heavy atom. The van der Waals surface area contributed by atoms with Crippen LogP contribution in [0.1, 0.15) is 56.7 Å². The van der Waals surface area contributed by atoms with Crippen LogP contribution in [0.5, 0.6) is 5.75 Å². The molecule has 2 N–H and O–H groups in total. The molecule has 3 rings (SSSR count). The zero-order chi connectivity index (χ0) is 20.3. The first-order valence-corrected chi connectivity index (χ1v) is 11.0. The second-order valence-electron chi connectivity index (χ2n) is 7.26. The van der Waals surface area contributed by atoms with Crippen LogP contribution in [-0.4, -0.2) is 40.4 Å². The molecule has 0 amide bonds. The van der Waals surface area contributed by atoms with Gasteiger partial charge in [-0.25, -0.2) is 4.99 Å². The minimum absolute atomic E-state index is 0. The standard InChI is InChI=1S/C22H34N6O.HI/c1-3-23-22(25-17-18-11-7-8-12-19(18)29-4-2)24-15-10-14-21-27-26-20-13-6-5-9-16-28(20)21;/h7-8,11-12H,3-6,9-10,13-17H2,1-2H3,(H2,23,24,25);1H. The van der Waals surface area contributed by atoms with Crippen molar-refractivity contribution in [3.8, 4) is 5.75 Å². The van der Waals surface area contributed by atoms with Crippen molar-refractivity contribution < 1.29 is 4.74 Å². The summed E-state index contributed by atoms with van der Waals surface area (Å²) in [6.07, 6.45) is 6.75. The van der Waals surface area contributed by atoms with Crippen LogP contribution in [0.2, 0.25) is 0 Å². The number of aryl methyl sites for hydroxylation is 2. The second-order valence-corrected chi connectivity index (χ2v) is 7.26. The molecule has 1 aliphatic rings. The predicted octanol–water partition coefficient (Wildman–Crippen LogP) is 3.71. The Morgan fingerprint density at radius 3 is 2.83 bits per heavy atom. The lowest BCUT2D eigenvalue weighted by molar-refractivity contribution is 0.336. The predicted molar refractivity (Wildman–Crippen MR) is 132 cm³/mol. The lowest BCUT2D eigenvalue weighted by Gasteiger charge is -2.13. The van der Waals surface area contributed by atoms with Crippen LogP contribution in [0, 0.1) is 0 Å². The van der Waals surface area contributed by atoms with Crippen LogP contribution < -0.4 is 15.4 Å². The van der Waals surface area contributed by atoms with Gasteiger partial charge in [-0.3, -0.25) is 0 Å². The van der Waals surface area contributed by atoms with Crippen LogP contribution in [0.15, 0.2) is 29.3 Å². The summed E-state index contributed by atoms with van der Waals surface area (Å²) in [5.74, 6) is 4.02. The number of nitrogens with one attached hydrogen (secondary N) is 2. The average Bonchev–Trinajstić information content (AvgIpc) is 2.96. The summed E-state index contributed by atoms with van der Waals surface area (Å²) >= 11 is 0. The maximum atomic E-state index is 5.70. The number of aromatic nitrogens is 3. The molecule has 0 aliphatic carbocycles.